The van der Waals surface area contributed by atoms with Crippen LogP contribution < -0.4 is 14.4 Å². The van der Waals surface area contributed by atoms with Crippen molar-refractivity contribution in [2.75, 3.05) is 21.9 Å². The molecular formula is C20H20N4O4S3. The van der Waals surface area contributed by atoms with Crippen molar-refractivity contribution in [3.63, 3.8) is 0 Å². The number of nitrogens with one attached hydrogen (secondary N) is 1. The SMILES string of the molecule is CCSc1nnc(NC(=O)C2CN(S(=O)(=O)c3ccccc3)c3ccc(C)cc3O2)s1. The monoisotopic (exact) mass is 476 g/mol. The van der Waals surface area contributed by atoms with Gasteiger partial charge in [0.15, 0.2) is 10.4 Å². The normalized spacial score (nSPS) is 15.8. The molecule has 0 radical (unpaired) electrons. The lowest BCUT2D eigenvalue weighted by Gasteiger charge is -2.34. The van der Waals surface area contributed by atoms with Crippen LogP contribution in [0, 0.1) is 6.92 Å². The second-order valence-corrected chi connectivity index (χ2v) is 11.1. The van der Waals surface area contributed by atoms with E-state index in [1.54, 1.807) is 30.3 Å². The lowest BCUT2D eigenvalue weighted by molar-refractivity contribution is -0.122. The van der Waals surface area contributed by atoms with Crippen LogP contribution in [0.2, 0.25) is 0 Å². The van der Waals surface area contributed by atoms with Crippen molar-refractivity contribution >= 4 is 49.8 Å². The van der Waals surface area contributed by atoms with Crippen LogP contribution >= 0.6 is 23.1 Å². The zero-order valence-electron chi connectivity index (χ0n) is 16.8. The Labute approximate surface area is 188 Å². The molecule has 1 amide bonds. The van der Waals surface area contributed by atoms with E-state index in [1.807, 2.05) is 19.9 Å². The molecule has 0 fully saturated rings. The van der Waals surface area contributed by atoms with Gasteiger partial charge in [0.25, 0.3) is 15.9 Å². The highest BCUT2D eigenvalue weighted by Crippen LogP contribution is 2.38. The number of sulfonamides is 1. The van der Waals surface area contributed by atoms with Crippen LogP contribution in [-0.4, -0.2) is 42.9 Å². The van der Waals surface area contributed by atoms with Crippen molar-refractivity contribution < 1.29 is 17.9 Å². The number of rotatable bonds is 6. The third kappa shape index (κ3) is 4.53. The first-order chi connectivity index (χ1) is 14.9. The minimum atomic E-state index is -3.89. The number of carbonyl (C=O) groups excluding carboxylic acids is 1. The molecule has 0 bridgehead atoms. The highest BCUT2D eigenvalue weighted by atomic mass is 32.2. The van der Waals surface area contributed by atoms with Crippen LogP contribution in [0.5, 0.6) is 5.75 Å². The van der Waals surface area contributed by atoms with E-state index in [9.17, 15) is 13.2 Å². The van der Waals surface area contributed by atoms with E-state index in [4.69, 9.17) is 4.74 Å². The van der Waals surface area contributed by atoms with E-state index in [1.165, 1.54) is 39.5 Å². The van der Waals surface area contributed by atoms with Gasteiger partial charge in [-0.1, -0.05) is 54.3 Å². The summed E-state index contributed by atoms with van der Waals surface area (Å²) in [6, 6.07) is 13.4. The Morgan fingerprint density at radius 1 is 1.26 bits per heavy atom. The van der Waals surface area contributed by atoms with Crippen molar-refractivity contribution in [3.05, 3.63) is 54.1 Å². The van der Waals surface area contributed by atoms with Gasteiger partial charge in [-0.25, -0.2) is 8.42 Å². The van der Waals surface area contributed by atoms with E-state index in [-0.39, 0.29) is 11.4 Å². The number of carbonyl (C=O) groups is 1. The van der Waals surface area contributed by atoms with E-state index < -0.39 is 22.0 Å². The summed E-state index contributed by atoms with van der Waals surface area (Å²) in [5.41, 5.74) is 1.29. The highest BCUT2D eigenvalue weighted by molar-refractivity contribution is 8.01. The molecule has 2 heterocycles. The molecule has 8 nitrogen and oxygen atoms in total. The molecule has 1 atom stereocenters. The summed E-state index contributed by atoms with van der Waals surface area (Å²) < 4.78 is 34.6. The van der Waals surface area contributed by atoms with Crippen molar-refractivity contribution in [1.29, 1.82) is 0 Å². The number of anilines is 2. The summed E-state index contributed by atoms with van der Waals surface area (Å²) in [7, 11) is -3.89. The van der Waals surface area contributed by atoms with Gasteiger partial charge in [-0.15, -0.1) is 10.2 Å². The predicted molar refractivity (Wildman–Crippen MR) is 122 cm³/mol. The maximum Gasteiger partial charge on any atom is 0.269 e. The van der Waals surface area contributed by atoms with Crippen LogP contribution in [0.25, 0.3) is 0 Å². The summed E-state index contributed by atoms with van der Waals surface area (Å²) >= 11 is 2.79. The molecule has 2 aromatic carbocycles. The Kier molecular flexibility index (Phi) is 6.17. The fourth-order valence-corrected chi connectivity index (χ4v) is 6.22. The number of fused-ring (bicyclic) bond motifs is 1. The molecule has 1 N–H and O–H groups in total. The van der Waals surface area contributed by atoms with Crippen molar-refractivity contribution in [2.45, 2.75) is 29.2 Å². The van der Waals surface area contributed by atoms with Crippen LogP contribution in [0.1, 0.15) is 12.5 Å². The number of amides is 1. The number of aryl methyl sites for hydroxylation is 1. The maximum absolute atomic E-state index is 13.4. The molecule has 162 valence electrons. The summed E-state index contributed by atoms with van der Waals surface area (Å²) in [4.78, 5) is 13.1. The number of nitrogens with zero attached hydrogens (tertiary/aromatic N) is 3. The smallest absolute Gasteiger partial charge is 0.269 e. The van der Waals surface area contributed by atoms with E-state index in [0.717, 1.165) is 15.7 Å². The Bertz CT molecular complexity index is 1200. The van der Waals surface area contributed by atoms with Gasteiger partial charge in [0.2, 0.25) is 5.13 Å². The molecular weight excluding hydrogens is 456 g/mol. The van der Waals surface area contributed by atoms with Gasteiger partial charge in [0.1, 0.15) is 5.75 Å². The average molecular weight is 477 g/mol. The molecule has 1 aliphatic rings. The third-order valence-corrected chi connectivity index (χ3v) is 8.16. The molecule has 1 aromatic heterocycles. The second-order valence-electron chi connectivity index (χ2n) is 6.72. The van der Waals surface area contributed by atoms with Crippen LogP contribution in [0.3, 0.4) is 0 Å². The number of aromatic nitrogens is 2. The van der Waals surface area contributed by atoms with Gasteiger partial charge in [0.05, 0.1) is 17.1 Å². The number of ether oxygens (including phenoxy) is 1. The average Bonchev–Trinajstić information content (AvgIpc) is 3.20. The van der Waals surface area contributed by atoms with E-state index in [2.05, 4.69) is 15.5 Å². The third-order valence-electron chi connectivity index (χ3n) is 4.51. The minimum absolute atomic E-state index is 0.146. The first kappa shape index (κ1) is 21.6. The Balaban J connectivity index is 1.64. The first-order valence-corrected chi connectivity index (χ1v) is 12.7. The number of benzene rings is 2. The zero-order chi connectivity index (χ0) is 22.0. The van der Waals surface area contributed by atoms with Crippen LogP contribution in [0.15, 0.2) is 57.8 Å². The summed E-state index contributed by atoms with van der Waals surface area (Å²) in [6.07, 6.45) is -1.04. The Morgan fingerprint density at radius 3 is 2.77 bits per heavy atom. The van der Waals surface area contributed by atoms with E-state index in [0.29, 0.717) is 16.6 Å². The standard InChI is InChI=1S/C20H20N4O4S3/c1-3-29-20-23-22-19(30-20)21-18(25)17-12-24(15-10-9-13(2)11-16(15)28-17)31(26,27)14-7-5-4-6-8-14/h4-11,17H,3,12H2,1-2H3,(H,21,22,25). The van der Waals surface area contributed by atoms with E-state index >= 15 is 0 Å². The molecule has 1 unspecified atom stereocenters. The fraction of sp³-hybridized carbons (Fsp3) is 0.250. The fourth-order valence-electron chi connectivity index (χ4n) is 3.07. The molecule has 0 aliphatic carbocycles. The minimum Gasteiger partial charge on any atom is -0.476 e. The van der Waals surface area contributed by atoms with Gasteiger partial charge in [-0.3, -0.25) is 14.4 Å². The van der Waals surface area contributed by atoms with Gasteiger partial charge >= 0.3 is 0 Å². The molecule has 0 spiro atoms. The topological polar surface area (TPSA) is 101 Å². The molecule has 0 saturated carbocycles. The predicted octanol–water partition coefficient (Wildman–Crippen LogP) is 3.55. The Hall–Kier alpha value is -2.63. The maximum atomic E-state index is 13.4. The van der Waals surface area contributed by atoms with Gasteiger partial charge in [-0.05, 0) is 42.5 Å². The van der Waals surface area contributed by atoms with Gasteiger partial charge in [-0.2, -0.15) is 0 Å². The molecule has 31 heavy (non-hydrogen) atoms. The first-order valence-electron chi connectivity index (χ1n) is 9.50. The van der Waals surface area contributed by atoms with Crippen molar-refractivity contribution in [3.8, 4) is 5.75 Å². The molecule has 11 heteroatoms. The lowest BCUT2D eigenvalue weighted by Crippen LogP contribution is -2.48. The van der Waals surface area contributed by atoms with Gasteiger partial charge < -0.3 is 4.74 Å². The number of hydrogen-bond donors (Lipinski definition) is 1. The molecule has 1 aliphatic heterocycles. The zero-order valence-corrected chi connectivity index (χ0v) is 19.3. The molecule has 0 saturated heterocycles. The second kappa shape index (κ2) is 8.85. The highest BCUT2D eigenvalue weighted by Gasteiger charge is 2.37. The molecule has 3 aromatic rings. The van der Waals surface area contributed by atoms with Gasteiger partial charge in [0, 0.05) is 0 Å². The molecule has 4 rings (SSSR count). The summed E-state index contributed by atoms with van der Waals surface area (Å²) in [5, 5.41) is 11.0. The largest absolute Gasteiger partial charge is 0.476 e. The van der Waals surface area contributed by atoms with Crippen molar-refractivity contribution in [1.82, 2.24) is 10.2 Å². The lowest BCUT2D eigenvalue weighted by atomic mass is 10.1. The number of hydrogen-bond acceptors (Lipinski definition) is 8. The Morgan fingerprint density at radius 2 is 2.03 bits per heavy atom. The summed E-state index contributed by atoms with van der Waals surface area (Å²) in [5.74, 6) is 0.700. The quantitative estimate of drug-likeness (QED) is 0.429. The van der Waals surface area contributed by atoms with Crippen molar-refractivity contribution in [2.24, 2.45) is 0 Å². The number of thioether (sulfide) groups is 1. The summed E-state index contributed by atoms with van der Waals surface area (Å²) in [6.45, 7) is 3.72. The van der Waals surface area contributed by atoms with Crippen LogP contribution in [0.4, 0.5) is 10.8 Å². The van der Waals surface area contributed by atoms with Crippen LogP contribution in [-0.2, 0) is 14.8 Å².